The largest absolute Gasteiger partial charge is 0.490 e. The molecule has 2 nitrogen and oxygen atoms in total. The number of methoxy groups -OCH3 is 1. The first-order valence-corrected chi connectivity index (χ1v) is 5.11. The van der Waals surface area contributed by atoms with E-state index in [1.807, 2.05) is 0 Å². The van der Waals surface area contributed by atoms with Crippen LogP contribution in [0.2, 0.25) is 0 Å². The third-order valence-electron chi connectivity index (χ3n) is 2.95. The molecule has 0 amide bonds. The molecule has 0 unspecified atom stereocenters. The second-order valence-corrected chi connectivity index (χ2v) is 4.17. The minimum atomic E-state index is 0.749. The van der Waals surface area contributed by atoms with Gasteiger partial charge >= 0.3 is 0 Å². The van der Waals surface area contributed by atoms with Crippen LogP contribution in [0.25, 0.3) is 6.20 Å². The normalized spacial score (nSPS) is 18.3. The molecule has 0 bridgehead atoms. The summed E-state index contributed by atoms with van der Waals surface area (Å²) in [5.74, 6) is 1.02. The third kappa shape index (κ3) is 0.999. The van der Waals surface area contributed by atoms with Crippen molar-refractivity contribution in [3.63, 3.8) is 0 Å². The minimum Gasteiger partial charge on any atom is -0.490 e. The van der Waals surface area contributed by atoms with Crippen molar-refractivity contribution in [2.45, 2.75) is 25.8 Å². The van der Waals surface area contributed by atoms with Crippen LogP contribution in [0.4, 0.5) is 0 Å². The molecule has 1 aliphatic heterocycles. The number of nitrogens with zero attached hydrogens (tertiary/aromatic N) is 1. The van der Waals surface area contributed by atoms with Crippen molar-refractivity contribution in [2.24, 2.45) is 0 Å². The average Bonchev–Trinajstić information content (AvgIpc) is 2.92. The zero-order valence-electron chi connectivity index (χ0n) is 8.58. The summed E-state index contributed by atoms with van der Waals surface area (Å²) in [6.07, 6.45) is 4.89. The summed E-state index contributed by atoms with van der Waals surface area (Å²) >= 11 is 0. The maximum atomic E-state index is 5.40. The SMILES string of the molecule is COc1cc(C)cc2c1=[N+](C1CC1)C=2. The van der Waals surface area contributed by atoms with E-state index in [-0.39, 0.29) is 0 Å². The Kier molecular flexibility index (Phi) is 1.49. The molecule has 14 heavy (non-hydrogen) atoms. The first-order valence-electron chi connectivity index (χ1n) is 5.11. The Bertz CT molecular complexity index is 512. The molecule has 0 atom stereocenters. The van der Waals surface area contributed by atoms with E-state index in [2.05, 4.69) is 29.8 Å². The third-order valence-corrected chi connectivity index (χ3v) is 2.95. The highest BCUT2D eigenvalue weighted by Crippen LogP contribution is 2.23. The molecule has 0 N–H and O–H groups in total. The highest BCUT2D eigenvalue weighted by atomic mass is 16.5. The molecule has 3 rings (SSSR count). The number of hydrogen-bond donors (Lipinski definition) is 0. The van der Waals surface area contributed by atoms with Gasteiger partial charge in [0.2, 0.25) is 0 Å². The Balaban J connectivity index is 2.26. The Morgan fingerprint density at radius 2 is 2.14 bits per heavy atom. The topological polar surface area (TPSA) is 12.2 Å². The smallest absolute Gasteiger partial charge is 0.261 e. The van der Waals surface area contributed by atoms with Crippen molar-refractivity contribution in [2.75, 3.05) is 7.11 Å². The molecule has 1 aromatic carbocycles. The molecule has 72 valence electrons. The van der Waals surface area contributed by atoms with Gasteiger partial charge in [-0.1, -0.05) is 0 Å². The van der Waals surface area contributed by atoms with Crippen LogP contribution in [0.15, 0.2) is 12.1 Å². The average molecular weight is 188 g/mol. The first kappa shape index (κ1) is 8.04. The van der Waals surface area contributed by atoms with Crippen molar-refractivity contribution in [1.82, 2.24) is 4.58 Å². The fourth-order valence-corrected chi connectivity index (χ4v) is 2.09. The van der Waals surface area contributed by atoms with E-state index in [9.17, 15) is 0 Å². The van der Waals surface area contributed by atoms with Gasteiger partial charge in [0.1, 0.15) is 5.22 Å². The van der Waals surface area contributed by atoms with Gasteiger partial charge in [-0.25, -0.2) is 0 Å². The van der Waals surface area contributed by atoms with Crippen molar-refractivity contribution in [3.8, 4) is 5.75 Å². The van der Waals surface area contributed by atoms with Gasteiger partial charge in [-0.05, 0) is 24.6 Å². The van der Waals surface area contributed by atoms with Crippen LogP contribution in [0.5, 0.6) is 5.75 Å². The molecule has 0 aromatic heterocycles. The lowest BCUT2D eigenvalue weighted by molar-refractivity contribution is 0.402. The highest BCUT2D eigenvalue weighted by molar-refractivity contribution is 5.42. The number of rotatable bonds is 2. The van der Waals surface area contributed by atoms with Crippen LogP contribution < -0.4 is 19.9 Å². The van der Waals surface area contributed by atoms with Gasteiger partial charge in [-0.3, -0.25) is 0 Å². The maximum absolute atomic E-state index is 5.40. The molecule has 0 saturated heterocycles. The van der Waals surface area contributed by atoms with Crippen molar-refractivity contribution in [1.29, 1.82) is 0 Å². The molecule has 0 radical (unpaired) electrons. The molecule has 2 heteroatoms. The summed E-state index contributed by atoms with van der Waals surface area (Å²) in [4.78, 5) is 0. The number of fused-ring (bicyclic) bond motifs is 1. The van der Waals surface area contributed by atoms with E-state index in [0.717, 1.165) is 11.8 Å². The van der Waals surface area contributed by atoms with Gasteiger partial charge in [-0.2, -0.15) is 4.58 Å². The summed E-state index contributed by atoms with van der Waals surface area (Å²) in [6.45, 7) is 2.11. The lowest BCUT2D eigenvalue weighted by Gasteiger charge is -2.08. The van der Waals surface area contributed by atoms with Crippen LogP contribution in [0.3, 0.4) is 0 Å². The van der Waals surface area contributed by atoms with Crippen molar-refractivity contribution >= 4 is 6.20 Å². The second-order valence-electron chi connectivity index (χ2n) is 4.17. The van der Waals surface area contributed by atoms with E-state index in [1.165, 1.54) is 29.0 Å². The van der Waals surface area contributed by atoms with Crippen LogP contribution in [0, 0.1) is 6.92 Å². The van der Waals surface area contributed by atoms with Crippen molar-refractivity contribution < 1.29 is 4.74 Å². The van der Waals surface area contributed by atoms with Gasteiger partial charge in [0.05, 0.1) is 7.11 Å². The molecule has 1 aromatic rings. The molecule has 1 fully saturated rings. The van der Waals surface area contributed by atoms with Crippen LogP contribution in [0.1, 0.15) is 18.4 Å². The van der Waals surface area contributed by atoms with Crippen LogP contribution >= 0.6 is 0 Å². The number of benzene rings is 1. The Morgan fingerprint density at radius 1 is 1.36 bits per heavy atom. The molecular weight excluding hydrogens is 174 g/mol. The minimum absolute atomic E-state index is 0.749. The van der Waals surface area contributed by atoms with E-state index in [0.29, 0.717) is 0 Å². The summed E-state index contributed by atoms with van der Waals surface area (Å²) in [7, 11) is 1.75. The van der Waals surface area contributed by atoms with Gasteiger partial charge in [-0.15, -0.1) is 0 Å². The van der Waals surface area contributed by atoms with Gasteiger partial charge < -0.3 is 4.74 Å². The van der Waals surface area contributed by atoms with E-state index in [4.69, 9.17) is 4.74 Å². The zero-order chi connectivity index (χ0) is 9.71. The fraction of sp³-hybridized carbons (Fsp3) is 0.417. The van der Waals surface area contributed by atoms with Gasteiger partial charge in [0.25, 0.3) is 5.36 Å². The fourth-order valence-electron chi connectivity index (χ4n) is 2.09. The Labute approximate surface area is 83.1 Å². The highest BCUT2D eigenvalue weighted by Gasteiger charge is 2.37. The molecule has 1 heterocycles. The predicted octanol–water partition coefficient (Wildman–Crippen LogP) is 0.409. The zero-order valence-corrected chi connectivity index (χ0v) is 8.58. The first-order chi connectivity index (χ1) is 6.79. The summed E-state index contributed by atoms with van der Waals surface area (Å²) in [5.41, 5.74) is 1.27. The van der Waals surface area contributed by atoms with Crippen LogP contribution in [-0.4, -0.2) is 13.2 Å². The Morgan fingerprint density at radius 3 is 2.79 bits per heavy atom. The molecule has 2 aliphatic rings. The lowest BCUT2D eigenvalue weighted by Crippen LogP contribution is -2.48. The van der Waals surface area contributed by atoms with Crippen molar-refractivity contribution in [3.05, 3.63) is 28.3 Å². The monoisotopic (exact) mass is 188 g/mol. The summed E-state index contributed by atoms with van der Waals surface area (Å²) in [5, 5.41) is 2.62. The predicted molar refractivity (Wildman–Crippen MR) is 55.7 cm³/mol. The number of aryl methyl sites for hydroxylation is 1. The van der Waals surface area contributed by atoms with E-state index < -0.39 is 0 Å². The second kappa shape index (κ2) is 2.59. The Hall–Kier alpha value is -1.31. The summed E-state index contributed by atoms with van der Waals surface area (Å²) in [6, 6.07) is 5.08. The molecular formula is C12H14NO+. The summed E-state index contributed by atoms with van der Waals surface area (Å²) < 4.78 is 7.76. The van der Waals surface area contributed by atoms with Crippen LogP contribution in [-0.2, 0) is 0 Å². The quantitative estimate of drug-likeness (QED) is 0.612. The van der Waals surface area contributed by atoms with E-state index in [1.54, 1.807) is 7.11 Å². The van der Waals surface area contributed by atoms with E-state index >= 15 is 0 Å². The maximum Gasteiger partial charge on any atom is 0.261 e. The van der Waals surface area contributed by atoms with Gasteiger partial charge in [0.15, 0.2) is 18.0 Å². The molecule has 1 aliphatic carbocycles. The molecule has 0 spiro atoms. The lowest BCUT2D eigenvalue weighted by atomic mass is 10.1. The number of hydrogen-bond acceptors (Lipinski definition) is 1. The standard InChI is InChI=1S/C12H14NO/c1-8-5-9-7-13(10-3-4-10)12(9)11(6-8)14-2/h5-7,10H,3-4H2,1-2H3/q+1. The molecule has 1 saturated carbocycles. The van der Waals surface area contributed by atoms with Gasteiger partial charge in [0, 0.05) is 12.8 Å². The number of ether oxygens (including phenoxy) is 1.